The van der Waals surface area contributed by atoms with E-state index in [-0.39, 0.29) is 0 Å². The molecule has 10 aromatic rings. The molecular weight excluding hydrogens is 753 g/mol. The summed E-state index contributed by atoms with van der Waals surface area (Å²) in [6.45, 7) is 0. The molecule has 0 saturated carbocycles. The van der Waals surface area contributed by atoms with Crippen molar-refractivity contribution in [2.24, 2.45) is 0 Å². The van der Waals surface area contributed by atoms with E-state index in [1.807, 2.05) is 0 Å². The maximum absolute atomic E-state index is 2.37. The van der Waals surface area contributed by atoms with Crippen LogP contribution in [0.2, 0.25) is 0 Å². The molecule has 0 aliphatic carbocycles. The molecular formula is C58H44N4. The number of benzene rings is 10. The van der Waals surface area contributed by atoms with E-state index < -0.39 is 0 Å². The van der Waals surface area contributed by atoms with Crippen molar-refractivity contribution in [3.63, 3.8) is 0 Å². The molecule has 0 amide bonds. The van der Waals surface area contributed by atoms with E-state index in [0.717, 1.165) is 79.0 Å². The van der Waals surface area contributed by atoms with Crippen LogP contribution in [0.1, 0.15) is 0 Å². The highest BCUT2D eigenvalue weighted by atomic mass is 15.2. The zero-order chi connectivity index (χ0) is 41.5. The number of fused-ring (bicyclic) bond motifs is 1. The molecule has 4 heteroatoms. The van der Waals surface area contributed by atoms with E-state index in [9.17, 15) is 0 Å². The summed E-state index contributed by atoms with van der Waals surface area (Å²) >= 11 is 0. The summed E-state index contributed by atoms with van der Waals surface area (Å²) in [6, 6.07) is 94.6. The quantitative estimate of drug-likeness (QED) is 0.122. The Kier molecular flexibility index (Phi) is 10.7. The van der Waals surface area contributed by atoms with Crippen molar-refractivity contribution in [2.45, 2.75) is 0 Å². The fraction of sp³-hybridized carbons (Fsp3) is 0. The zero-order valence-electron chi connectivity index (χ0n) is 34.2. The number of nitrogens with zero attached hydrogens (tertiary/aromatic N) is 4. The van der Waals surface area contributed by atoms with E-state index >= 15 is 0 Å². The Bertz CT molecular complexity index is 2690. The molecule has 10 rings (SSSR count). The molecule has 296 valence electrons. The Morgan fingerprint density at radius 3 is 0.565 bits per heavy atom. The number of hydrogen-bond donors (Lipinski definition) is 0. The number of anilines is 12. The van der Waals surface area contributed by atoms with Gasteiger partial charge >= 0.3 is 0 Å². The minimum Gasteiger partial charge on any atom is -0.311 e. The van der Waals surface area contributed by atoms with Gasteiger partial charge in [-0.25, -0.2) is 0 Å². The summed E-state index contributed by atoms with van der Waals surface area (Å²) in [6.07, 6.45) is 0. The van der Waals surface area contributed by atoms with Crippen molar-refractivity contribution in [3.8, 4) is 0 Å². The van der Waals surface area contributed by atoms with Crippen LogP contribution in [0, 0.1) is 0 Å². The number of hydrogen-bond acceptors (Lipinski definition) is 4. The van der Waals surface area contributed by atoms with Crippen LogP contribution in [0.4, 0.5) is 68.2 Å². The van der Waals surface area contributed by atoms with Crippen molar-refractivity contribution in [1.29, 1.82) is 0 Å². The molecule has 0 atom stereocenters. The largest absolute Gasteiger partial charge is 0.311 e. The first-order valence-corrected chi connectivity index (χ1v) is 21.0. The Balaban J connectivity index is 1.07. The van der Waals surface area contributed by atoms with Gasteiger partial charge in [0.15, 0.2) is 0 Å². The Hall–Kier alpha value is -8.34. The molecule has 62 heavy (non-hydrogen) atoms. The van der Waals surface area contributed by atoms with E-state index in [1.54, 1.807) is 0 Å². The Morgan fingerprint density at radius 1 is 0.145 bits per heavy atom. The second-order valence-electron chi connectivity index (χ2n) is 15.0. The maximum atomic E-state index is 2.37. The molecule has 0 aliphatic heterocycles. The fourth-order valence-electron chi connectivity index (χ4n) is 8.37. The van der Waals surface area contributed by atoms with Crippen LogP contribution in [0.5, 0.6) is 0 Å². The molecule has 0 radical (unpaired) electrons. The minimum atomic E-state index is 1.07. The lowest BCUT2D eigenvalue weighted by Crippen LogP contribution is -2.14. The molecule has 0 aliphatic rings. The molecule has 0 spiro atoms. The van der Waals surface area contributed by atoms with Crippen LogP contribution in [-0.4, -0.2) is 0 Å². The molecule has 0 N–H and O–H groups in total. The summed E-state index contributed by atoms with van der Waals surface area (Å²) in [5.74, 6) is 0. The monoisotopic (exact) mass is 796 g/mol. The summed E-state index contributed by atoms with van der Waals surface area (Å²) in [7, 11) is 0. The predicted molar refractivity (Wildman–Crippen MR) is 263 cm³/mol. The molecule has 0 fully saturated rings. The van der Waals surface area contributed by atoms with Crippen LogP contribution in [-0.2, 0) is 0 Å². The summed E-state index contributed by atoms with van der Waals surface area (Å²) < 4.78 is 0. The van der Waals surface area contributed by atoms with Gasteiger partial charge in [-0.15, -0.1) is 0 Å². The highest BCUT2D eigenvalue weighted by molar-refractivity contribution is 6.07. The lowest BCUT2D eigenvalue weighted by molar-refractivity contribution is 1.25. The predicted octanol–water partition coefficient (Wildman–Crippen LogP) is 16.7. The van der Waals surface area contributed by atoms with E-state index in [1.165, 1.54) is 0 Å². The Morgan fingerprint density at radius 2 is 0.323 bits per heavy atom. The Labute approximate surface area is 364 Å². The minimum absolute atomic E-state index is 1.07. The van der Waals surface area contributed by atoms with Gasteiger partial charge in [-0.05, 0) is 133 Å². The van der Waals surface area contributed by atoms with Gasteiger partial charge in [0.1, 0.15) is 0 Å². The molecule has 10 aromatic carbocycles. The maximum Gasteiger partial charge on any atom is 0.0541 e. The van der Waals surface area contributed by atoms with Gasteiger partial charge in [-0.3, -0.25) is 0 Å². The third kappa shape index (κ3) is 7.65. The van der Waals surface area contributed by atoms with Crippen molar-refractivity contribution < 1.29 is 0 Å². The number of para-hydroxylation sites is 6. The van der Waals surface area contributed by atoms with Gasteiger partial charge in [0, 0.05) is 67.6 Å². The average Bonchev–Trinajstić information content (AvgIpc) is 3.35. The first-order chi connectivity index (χ1) is 30.8. The van der Waals surface area contributed by atoms with Crippen LogP contribution in [0.3, 0.4) is 0 Å². The van der Waals surface area contributed by atoms with Gasteiger partial charge in [0.05, 0.1) is 11.4 Å². The first-order valence-electron chi connectivity index (χ1n) is 21.0. The zero-order valence-corrected chi connectivity index (χ0v) is 34.2. The molecule has 4 nitrogen and oxygen atoms in total. The van der Waals surface area contributed by atoms with Gasteiger partial charge in [-0.1, -0.05) is 133 Å². The lowest BCUT2D eigenvalue weighted by atomic mass is 10.0. The normalized spacial score (nSPS) is 10.9. The van der Waals surface area contributed by atoms with Gasteiger partial charge < -0.3 is 19.6 Å². The van der Waals surface area contributed by atoms with E-state index in [4.69, 9.17) is 0 Å². The van der Waals surface area contributed by atoms with Crippen molar-refractivity contribution in [2.75, 3.05) is 19.6 Å². The summed E-state index contributed by atoms with van der Waals surface area (Å²) in [4.78, 5) is 9.34. The van der Waals surface area contributed by atoms with Crippen LogP contribution in [0.25, 0.3) is 10.8 Å². The van der Waals surface area contributed by atoms with Gasteiger partial charge in [0.2, 0.25) is 0 Å². The summed E-state index contributed by atoms with van der Waals surface area (Å²) in [5.41, 5.74) is 13.1. The smallest absolute Gasteiger partial charge is 0.0541 e. The first kappa shape index (κ1) is 37.9. The fourth-order valence-corrected chi connectivity index (χ4v) is 8.37. The standard InChI is InChI=1S/C58H44N4/c1-7-21-45(22-8-1)59(46-23-9-2-10-24-46)51-35-39-53(40-36-51)61(49-29-15-5-16-30-49)57-43-44-58(56-34-20-19-33-55(56)57)62(50-31-17-6-18-32-50)54-41-37-52(38-42-54)60(47-25-11-3-12-26-47)48-27-13-4-14-28-48/h1-44H. The van der Waals surface area contributed by atoms with E-state index in [0.29, 0.717) is 0 Å². The van der Waals surface area contributed by atoms with Gasteiger partial charge in [-0.2, -0.15) is 0 Å². The second kappa shape index (κ2) is 17.5. The van der Waals surface area contributed by atoms with E-state index in [2.05, 4.69) is 287 Å². The third-order valence-electron chi connectivity index (χ3n) is 11.2. The molecule has 0 heterocycles. The third-order valence-corrected chi connectivity index (χ3v) is 11.2. The van der Waals surface area contributed by atoms with Crippen LogP contribution >= 0.6 is 0 Å². The highest BCUT2D eigenvalue weighted by Crippen LogP contribution is 2.46. The van der Waals surface area contributed by atoms with Crippen molar-refractivity contribution >= 4 is 79.0 Å². The topological polar surface area (TPSA) is 13.0 Å². The lowest BCUT2D eigenvalue weighted by Gasteiger charge is -2.31. The molecule has 0 bridgehead atoms. The molecule has 0 aromatic heterocycles. The van der Waals surface area contributed by atoms with Crippen molar-refractivity contribution in [3.05, 3.63) is 267 Å². The van der Waals surface area contributed by atoms with Gasteiger partial charge in [0.25, 0.3) is 0 Å². The number of rotatable bonds is 12. The molecule has 0 unspecified atom stereocenters. The van der Waals surface area contributed by atoms with Crippen molar-refractivity contribution in [1.82, 2.24) is 0 Å². The highest BCUT2D eigenvalue weighted by Gasteiger charge is 2.22. The average molecular weight is 797 g/mol. The molecule has 0 saturated heterocycles. The van der Waals surface area contributed by atoms with Crippen LogP contribution in [0.15, 0.2) is 267 Å². The summed E-state index contributed by atoms with van der Waals surface area (Å²) in [5, 5.41) is 2.29. The second-order valence-corrected chi connectivity index (χ2v) is 15.0. The van der Waals surface area contributed by atoms with Crippen LogP contribution < -0.4 is 19.6 Å². The SMILES string of the molecule is c1ccc(N(c2ccccc2)c2ccc(N(c3ccccc3)c3ccc(N(c4ccccc4)c4ccc(N(c5ccccc5)c5ccccc5)cc4)c4ccccc34)cc2)cc1.